The van der Waals surface area contributed by atoms with Gasteiger partial charge in [0.25, 0.3) is 0 Å². The molecule has 18 nitrogen and oxygen atoms in total. The summed E-state index contributed by atoms with van der Waals surface area (Å²) in [4.78, 5) is 77.2. The van der Waals surface area contributed by atoms with Crippen molar-refractivity contribution in [1.29, 1.82) is 0 Å². The van der Waals surface area contributed by atoms with Crippen molar-refractivity contribution in [3.63, 3.8) is 0 Å². The second kappa shape index (κ2) is 20.3. The van der Waals surface area contributed by atoms with Crippen LogP contribution in [0.15, 0.2) is 59.5 Å². The Labute approximate surface area is 450 Å². The fourth-order valence-corrected chi connectivity index (χ4v) is 14.1. The molecule has 3 aromatic carbocycles. The average Bonchev–Trinajstić information content (AvgIpc) is 4.36. The van der Waals surface area contributed by atoms with Crippen LogP contribution in [0.5, 0.6) is 6.01 Å². The van der Waals surface area contributed by atoms with E-state index in [1.807, 2.05) is 29.2 Å². The largest absolute Gasteiger partial charge is 0.461 e. The number of likely N-dealkylation sites (tertiary alicyclic amines) is 1. The number of pyridine rings is 1. The van der Waals surface area contributed by atoms with Crippen molar-refractivity contribution in [2.45, 2.75) is 107 Å². The van der Waals surface area contributed by atoms with E-state index in [4.69, 9.17) is 25.9 Å². The van der Waals surface area contributed by atoms with Gasteiger partial charge in [0.15, 0.2) is 5.82 Å². The molecule has 10 heterocycles. The highest BCUT2D eigenvalue weighted by atomic mass is 19.1. The molecule has 0 radical (unpaired) electrons. The molecule has 78 heavy (non-hydrogen) atoms. The highest BCUT2D eigenvalue weighted by Crippen LogP contribution is 2.44. The predicted octanol–water partition coefficient (Wildman–Crippen LogP) is 5.47. The van der Waals surface area contributed by atoms with Crippen LogP contribution < -0.4 is 26.0 Å². The molecule has 6 aromatic rings. The smallest absolute Gasteiger partial charge is 0.409 e. The summed E-state index contributed by atoms with van der Waals surface area (Å²) in [7, 11) is 1.72. The first kappa shape index (κ1) is 50.5. The number of ether oxygens (including phenoxy) is 2. The van der Waals surface area contributed by atoms with Gasteiger partial charge < -0.3 is 24.6 Å². The van der Waals surface area contributed by atoms with E-state index in [1.165, 1.54) is 10.6 Å². The molecule has 20 heteroatoms. The van der Waals surface area contributed by atoms with Crippen LogP contribution >= 0.6 is 0 Å². The highest BCUT2D eigenvalue weighted by Gasteiger charge is 2.50. The van der Waals surface area contributed by atoms with Gasteiger partial charge in [-0.15, -0.1) is 6.42 Å². The molecule has 7 aliphatic rings. The van der Waals surface area contributed by atoms with Crippen LogP contribution in [-0.4, -0.2) is 163 Å². The number of piperidine rings is 2. The Morgan fingerprint density at radius 1 is 0.897 bits per heavy atom. The number of imide groups is 1. The molecule has 406 valence electrons. The fourth-order valence-electron chi connectivity index (χ4n) is 14.1. The quantitative estimate of drug-likeness (QED) is 0.124. The number of halogens is 2. The lowest BCUT2D eigenvalue weighted by Crippen LogP contribution is -2.54. The first-order valence-corrected chi connectivity index (χ1v) is 27.8. The van der Waals surface area contributed by atoms with Crippen molar-refractivity contribution in [2.75, 3.05) is 77.0 Å². The number of aryl methyl sites for hydroxylation is 1. The molecule has 0 aliphatic carbocycles. The number of imidazole rings is 1. The van der Waals surface area contributed by atoms with Crippen LogP contribution in [0.4, 0.5) is 19.4 Å². The summed E-state index contributed by atoms with van der Waals surface area (Å²) in [5.41, 5.74) is 2.47. The van der Waals surface area contributed by atoms with E-state index in [0.29, 0.717) is 78.3 Å². The minimum Gasteiger partial charge on any atom is -0.461 e. The number of amides is 3. The number of hydrogen-bond acceptors (Lipinski definition) is 14. The average molecular weight is 1060 g/mol. The number of rotatable bonds is 11. The van der Waals surface area contributed by atoms with Gasteiger partial charge >= 0.3 is 17.8 Å². The maximum Gasteiger partial charge on any atom is 0.409 e. The number of piperazine rings is 2. The molecule has 3 aromatic heterocycles. The lowest BCUT2D eigenvalue weighted by Gasteiger charge is -2.42. The Kier molecular flexibility index (Phi) is 13.1. The third-order valence-corrected chi connectivity index (χ3v) is 18.2. The van der Waals surface area contributed by atoms with Crippen LogP contribution in [0.3, 0.4) is 0 Å². The van der Waals surface area contributed by atoms with Crippen LogP contribution in [0.2, 0.25) is 0 Å². The minimum absolute atomic E-state index is 0.0160. The van der Waals surface area contributed by atoms with Crippen molar-refractivity contribution in [3.8, 4) is 29.6 Å². The number of aromatic nitrogens is 5. The van der Waals surface area contributed by atoms with E-state index in [-0.39, 0.29) is 77.2 Å². The van der Waals surface area contributed by atoms with Crippen LogP contribution in [-0.2, 0) is 27.9 Å². The molecule has 13 rings (SSSR count). The molecule has 3 amide bonds. The standard InChI is InChI=1S/C58H64F2N12O6/c1-3-41-44(59)12-9-36-6-4-7-42(49(36)41)51-50(60)52-43(29-61-51)53(70-31-37-10-11-38(32-70)62-37)65-55(64-52)78-34-58-19-5-21-71(58)40(16-20-58)33-77-57(76)69-26-24-68(25-27-69)39-17-22-67(23-18-39)30-35-8-13-45-47(28-35)66(2)56(75)72(45)46-14-15-48(73)63-54(46)74/h1,4,6-9,12-13,28-29,37-40,46,62H,5,10-11,14-27,30-34H2,2H3,(H,63,73,74)/t37?,38?,40-,46?,58-/m0/s1. The first-order chi connectivity index (χ1) is 37.9. The van der Waals surface area contributed by atoms with Gasteiger partial charge in [-0.3, -0.25) is 43.7 Å². The lowest BCUT2D eigenvalue weighted by atomic mass is 9.95. The second-order valence-electron chi connectivity index (χ2n) is 22.6. The van der Waals surface area contributed by atoms with E-state index in [0.717, 1.165) is 102 Å². The molecule has 2 N–H and O–H groups in total. The Balaban J connectivity index is 0.627. The topological polar surface area (TPSA) is 176 Å². The molecular weight excluding hydrogens is 999 g/mol. The normalized spacial score (nSPS) is 25.3. The highest BCUT2D eigenvalue weighted by molar-refractivity contribution is 6.02. The number of carbonyl (C=O) groups excluding carboxylic acids is 3. The number of carbonyl (C=O) groups is 3. The van der Waals surface area contributed by atoms with E-state index >= 15 is 8.78 Å². The molecule has 0 spiro atoms. The molecule has 7 saturated heterocycles. The maximum atomic E-state index is 17.2. The Morgan fingerprint density at radius 3 is 2.49 bits per heavy atom. The Hall–Kier alpha value is -7.05. The maximum absolute atomic E-state index is 17.2. The molecule has 3 unspecified atom stereocenters. The lowest BCUT2D eigenvalue weighted by molar-refractivity contribution is -0.135. The van der Waals surface area contributed by atoms with Gasteiger partial charge in [-0.05, 0) is 107 Å². The van der Waals surface area contributed by atoms with E-state index < -0.39 is 23.6 Å². The number of nitrogens with zero attached hydrogens (tertiary/aromatic N) is 10. The fraction of sp³-hybridized carbons (Fsp3) is 0.500. The zero-order valence-electron chi connectivity index (χ0n) is 43.9. The monoisotopic (exact) mass is 1060 g/mol. The van der Waals surface area contributed by atoms with Gasteiger partial charge in [-0.2, -0.15) is 9.97 Å². The van der Waals surface area contributed by atoms with Gasteiger partial charge in [0, 0.05) is 101 Å². The summed E-state index contributed by atoms with van der Waals surface area (Å²) in [6, 6.07) is 14.6. The molecule has 7 fully saturated rings. The van der Waals surface area contributed by atoms with Gasteiger partial charge in [-0.1, -0.05) is 36.3 Å². The zero-order chi connectivity index (χ0) is 53.4. The number of benzene rings is 3. The number of anilines is 1. The first-order valence-electron chi connectivity index (χ1n) is 27.8. The molecular formula is C58H64F2N12O6. The third kappa shape index (κ3) is 9.01. The van der Waals surface area contributed by atoms with Crippen molar-refractivity contribution in [1.82, 2.24) is 54.3 Å². The Morgan fingerprint density at radius 2 is 1.71 bits per heavy atom. The summed E-state index contributed by atoms with van der Waals surface area (Å²) in [5, 5.41) is 7.61. The second-order valence-corrected chi connectivity index (χ2v) is 22.6. The van der Waals surface area contributed by atoms with Crippen molar-refractivity contribution in [2.24, 2.45) is 7.05 Å². The number of hydrogen-bond donors (Lipinski definition) is 2. The third-order valence-electron chi connectivity index (χ3n) is 18.2. The zero-order valence-corrected chi connectivity index (χ0v) is 43.9. The molecule has 5 atom stereocenters. The number of fused-ring (bicyclic) bond motifs is 6. The molecule has 7 aliphatic heterocycles. The van der Waals surface area contributed by atoms with E-state index in [1.54, 1.807) is 36.0 Å². The summed E-state index contributed by atoms with van der Waals surface area (Å²) < 4.78 is 48.1. The van der Waals surface area contributed by atoms with Crippen LogP contribution in [0, 0.1) is 24.0 Å². The van der Waals surface area contributed by atoms with E-state index in [9.17, 15) is 19.2 Å². The molecule has 2 bridgehead atoms. The number of nitrogens with one attached hydrogen (secondary N) is 2. The SMILES string of the molecule is C#Cc1c(F)ccc2cccc(-c3ncc4c(N5CC6CCC(C5)N6)nc(OC[C@@]56CCCN5[C@H](COC(=O)N5CCN(C7CCN(Cc8ccc9c(c8)n(C)c(=O)n9C8CCC(=O)NC8=O)CC7)CC5)CC6)nc4c3F)c12. The summed E-state index contributed by atoms with van der Waals surface area (Å²) in [6.07, 6.45) is 15.3. The van der Waals surface area contributed by atoms with Gasteiger partial charge in [0.1, 0.15) is 42.1 Å². The van der Waals surface area contributed by atoms with Crippen molar-refractivity contribution >= 4 is 56.4 Å². The van der Waals surface area contributed by atoms with Crippen molar-refractivity contribution < 1.29 is 32.6 Å². The van der Waals surface area contributed by atoms with Crippen molar-refractivity contribution in [3.05, 3.63) is 88.0 Å². The summed E-state index contributed by atoms with van der Waals surface area (Å²) >= 11 is 0. The predicted molar refractivity (Wildman–Crippen MR) is 289 cm³/mol. The molecule has 0 saturated carbocycles. The van der Waals surface area contributed by atoms with Gasteiger partial charge in [0.2, 0.25) is 11.8 Å². The minimum atomic E-state index is -0.712. The number of terminal acetylenes is 1. The van der Waals surface area contributed by atoms with Crippen LogP contribution in [0.1, 0.15) is 81.4 Å². The summed E-state index contributed by atoms with van der Waals surface area (Å²) in [5.74, 6) is 1.07. The Bertz CT molecular complexity index is 3480. The summed E-state index contributed by atoms with van der Waals surface area (Å²) in [6.45, 7) is 8.25. The van der Waals surface area contributed by atoms with E-state index in [2.05, 4.69) is 41.1 Å². The van der Waals surface area contributed by atoms with Gasteiger partial charge in [0.05, 0.1) is 27.5 Å². The van der Waals surface area contributed by atoms with Crippen LogP contribution in [0.25, 0.3) is 44.0 Å². The van der Waals surface area contributed by atoms with Gasteiger partial charge in [-0.25, -0.2) is 18.4 Å².